The van der Waals surface area contributed by atoms with E-state index >= 15 is 0 Å². The van der Waals surface area contributed by atoms with Crippen molar-refractivity contribution in [2.45, 2.75) is 20.0 Å². The SMILES string of the molecule is CNc1cc(C)c2nc(Nc3nc(C)c4cc(OC)ccc4n3)nc(OC(=O)C(F)(F)F)c2c1. The van der Waals surface area contributed by atoms with Crippen LogP contribution in [0.3, 0.4) is 0 Å². The molecule has 12 heteroatoms. The van der Waals surface area contributed by atoms with Gasteiger partial charge in [0.05, 0.1) is 29.2 Å². The van der Waals surface area contributed by atoms with E-state index in [2.05, 4.69) is 35.3 Å². The highest BCUT2D eigenvalue weighted by molar-refractivity contribution is 5.92. The summed E-state index contributed by atoms with van der Waals surface area (Å²) in [6, 6.07) is 8.52. The Kier molecular flexibility index (Phi) is 5.82. The van der Waals surface area contributed by atoms with E-state index in [1.54, 1.807) is 52.3 Å². The molecule has 2 aromatic heterocycles. The van der Waals surface area contributed by atoms with Crippen LogP contribution in [0.1, 0.15) is 11.3 Å². The summed E-state index contributed by atoms with van der Waals surface area (Å²) in [6.07, 6.45) is -5.19. The molecule has 2 N–H and O–H groups in total. The quantitative estimate of drug-likeness (QED) is 0.407. The number of methoxy groups -OCH3 is 1. The Balaban J connectivity index is 1.81. The smallest absolute Gasteiger partial charge is 0.491 e. The summed E-state index contributed by atoms with van der Waals surface area (Å²) in [6.45, 7) is 3.50. The Hall–Kier alpha value is -4.22. The van der Waals surface area contributed by atoms with Gasteiger partial charge in [0.25, 0.3) is 0 Å². The summed E-state index contributed by atoms with van der Waals surface area (Å²) in [5, 5.41) is 6.59. The molecule has 0 atom stereocenters. The molecular weight excluding hydrogens is 453 g/mol. The van der Waals surface area contributed by atoms with Crippen LogP contribution in [0.5, 0.6) is 11.6 Å². The molecule has 0 aliphatic carbocycles. The fourth-order valence-corrected chi connectivity index (χ4v) is 3.35. The van der Waals surface area contributed by atoms with E-state index in [9.17, 15) is 18.0 Å². The average Bonchev–Trinajstić information content (AvgIpc) is 2.78. The first-order chi connectivity index (χ1) is 16.1. The van der Waals surface area contributed by atoms with E-state index in [0.29, 0.717) is 33.7 Å². The Morgan fingerprint density at radius 1 is 0.971 bits per heavy atom. The number of carbonyl (C=O) groups is 1. The van der Waals surface area contributed by atoms with Gasteiger partial charge in [0.2, 0.25) is 17.8 Å². The fraction of sp³-hybridized carbons (Fsp3) is 0.227. The first-order valence-electron chi connectivity index (χ1n) is 9.97. The van der Waals surface area contributed by atoms with Crippen LogP contribution >= 0.6 is 0 Å². The van der Waals surface area contributed by atoms with E-state index in [0.717, 1.165) is 5.39 Å². The topological polar surface area (TPSA) is 111 Å². The van der Waals surface area contributed by atoms with Gasteiger partial charge in [-0.3, -0.25) is 5.32 Å². The fourth-order valence-electron chi connectivity index (χ4n) is 3.35. The molecule has 2 aromatic carbocycles. The minimum Gasteiger partial charge on any atom is -0.497 e. The van der Waals surface area contributed by atoms with Gasteiger partial charge in [-0.2, -0.15) is 18.2 Å². The third-order valence-corrected chi connectivity index (χ3v) is 4.98. The number of hydrogen-bond donors (Lipinski definition) is 2. The number of rotatable bonds is 5. The van der Waals surface area contributed by atoms with Crippen molar-refractivity contribution in [3.05, 3.63) is 41.6 Å². The number of carbonyl (C=O) groups excluding carboxylic acids is 1. The number of aromatic nitrogens is 4. The van der Waals surface area contributed by atoms with E-state index in [1.165, 1.54) is 6.07 Å². The summed E-state index contributed by atoms with van der Waals surface area (Å²) in [5.41, 5.74) is 2.74. The lowest BCUT2D eigenvalue weighted by Crippen LogP contribution is -2.28. The van der Waals surface area contributed by atoms with Gasteiger partial charge in [0.15, 0.2) is 0 Å². The van der Waals surface area contributed by atoms with Crippen LogP contribution in [-0.4, -0.2) is 46.2 Å². The summed E-state index contributed by atoms with van der Waals surface area (Å²) in [7, 11) is 3.20. The number of nitrogens with zero attached hydrogens (tertiary/aromatic N) is 4. The van der Waals surface area contributed by atoms with Crippen molar-refractivity contribution in [2.24, 2.45) is 0 Å². The van der Waals surface area contributed by atoms with Gasteiger partial charge in [-0.25, -0.2) is 19.7 Å². The zero-order valence-electron chi connectivity index (χ0n) is 18.5. The lowest BCUT2D eigenvalue weighted by Gasteiger charge is -2.14. The monoisotopic (exact) mass is 472 g/mol. The third-order valence-electron chi connectivity index (χ3n) is 4.98. The maximum absolute atomic E-state index is 12.9. The van der Waals surface area contributed by atoms with E-state index in [-0.39, 0.29) is 17.3 Å². The normalized spacial score (nSPS) is 11.5. The van der Waals surface area contributed by atoms with Gasteiger partial charge in [0, 0.05) is 18.1 Å². The number of hydrogen-bond acceptors (Lipinski definition) is 9. The van der Waals surface area contributed by atoms with Crippen LogP contribution in [0.2, 0.25) is 0 Å². The molecule has 0 saturated carbocycles. The molecule has 4 aromatic rings. The van der Waals surface area contributed by atoms with Crippen molar-refractivity contribution in [3.63, 3.8) is 0 Å². The van der Waals surface area contributed by atoms with Crippen LogP contribution in [-0.2, 0) is 4.79 Å². The summed E-state index contributed by atoms with van der Waals surface area (Å²) in [5.74, 6) is -2.31. The van der Waals surface area contributed by atoms with Crippen LogP contribution in [0.4, 0.5) is 30.8 Å². The molecule has 0 amide bonds. The lowest BCUT2D eigenvalue weighted by atomic mass is 10.1. The molecule has 0 bridgehead atoms. The van der Waals surface area contributed by atoms with Crippen molar-refractivity contribution >= 4 is 45.4 Å². The molecule has 0 saturated heterocycles. The molecule has 34 heavy (non-hydrogen) atoms. The highest BCUT2D eigenvalue weighted by atomic mass is 19.4. The van der Waals surface area contributed by atoms with Crippen molar-refractivity contribution < 1.29 is 27.4 Å². The molecular formula is C22H19F3N6O3. The van der Waals surface area contributed by atoms with Gasteiger partial charge >= 0.3 is 12.1 Å². The first kappa shape index (κ1) is 23.0. The second-order valence-electron chi connectivity index (χ2n) is 7.32. The summed E-state index contributed by atoms with van der Waals surface area (Å²) >= 11 is 0. The Morgan fingerprint density at radius 3 is 2.38 bits per heavy atom. The Labute approximate surface area is 191 Å². The number of alkyl halides is 3. The van der Waals surface area contributed by atoms with Crippen LogP contribution in [0.25, 0.3) is 21.8 Å². The third kappa shape index (κ3) is 4.47. The molecule has 0 fully saturated rings. The van der Waals surface area contributed by atoms with Gasteiger partial charge in [0.1, 0.15) is 5.75 Å². The van der Waals surface area contributed by atoms with Gasteiger partial charge in [-0.15, -0.1) is 0 Å². The van der Waals surface area contributed by atoms with E-state index < -0.39 is 18.0 Å². The summed E-state index contributed by atoms with van der Waals surface area (Å²) in [4.78, 5) is 28.7. The zero-order valence-corrected chi connectivity index (χ0v) is 18.5. The van der Waals surface area contributed by atoms with Crippen molar-refractivity contribution in [1.29, 1.82) is 0 Å². The number of fused-ring (bicyclic) bond motifs is 2. The first-order valence-corrected chi connectivity index (χ1v) is 9.97. The number of ether oxygens (including phenoxy) is 2. The highest BCUT2D eigenvalue weighted by Gasteiger charge is 2.42. The molecule has 4 rings (SSSR count). The standard InChI is InChI=1S/C22H19F3N6O3/c1-10-7-12(26-3)8-15-17(10)29-21(30-18(15)34-19(32)22(23,24)25)31-20-27-11(2)14-9-13(33-4)5-6-16(14)28-20/h5-9,26H,1-4H3,(H,27,28,29,30,31). The lowest BCUT2D eigenvalue weighted by molar-refractivity contribution is -0.189. The summed E-state index contributed by atoms with van der Waals surface area (Å²) < 4.78 is 48.5. The van der Waals surface area contributed by atoms with Crippen LogP contribution in [0.15, 0.2) is 30.3 Å². The number of anilines is 3. The molecule has 9 nitrogen and oxygen atoms in total. The molecule has 2 heterocycles. The van der Waals surface area contributed by atoms with Gasteiger partial charge < -0.3 is 14.8 Å². The minimum absolute atomic E-state index is 0.118. The maximum atomic E-state index is 12.9. The molecule has 176 valence electrons. The number of benzene rings is 2. The van der Waals surface area contributed by atoms with E-state index in [4.69, 9.17) is 4.74 Å². The molecule has 0 aliphatic rings. The maximum Gasteiger partial charge on any atom is 0.491 e. The van der Waals surface area contributed by atoms with Crippen molar-refractivity contribution in [3.8, 4) is 11.6 Å². The average molecular weight is 472 g/mol. The van der Waals surface area contributed by atoms with E-state index in [1.807, 2.05) is 0 Å². The predicted octanol–water partition coefficient (Wildman–Crippen LogP) is 4.45. The van der Waals surface area contributed by atoms with Gasteiger partial charge in [-0.05, 0) is 49.7 Å². The Bertz CT molecular complexity index is 1430. The second kappa shape index (κ2) is 8.61. The van der Waals surface area contributed by atoms with Crippen molar-refractivity contribution in [2.75, 3.05) is 24.8 Å². The molecule has 0 aliphatic heterocycles. The molecule has 0 unspecified atom stereocenters. The number of aryl methyl sites for hydroxylation is 2. The molecule has 0 spiro atoms. The van der Waals surface area contributed by atoms with Crippen molar-refractivity contribution in [1.82, 2.24) is 19.9 Å². The minimum atomic E-state index is -5.19. The Morgan fingerprint density at radius 2 is 1.71 bits per heavy atom. The zero-order chi connectivity index (χ0) is 24.6. The highest BCUT2D eigenvalue weighted by Crippen LogP contribution is 2.32. The largest absolute Gasteiger partial charge is 0.497 e. The number of nitrogens with one attached hydrogen (secondary N) is 2. The second-order valence-corrected chi connectivity index (χ2v) is 7.32. The predicted molar refractivity (Wildman–Crippen MR) is 120 cm³/mol. The van der Waals surface area contributed by atoms with Crippen LogP contribution in [0, 0.1) is 13.8 Å². The molecule has 0 radical (unpaired) electrons. The number of halogens is 3. The number of esters is 1. The van der Waals surface area contributed by atoms with Crippen LogP contribution < -0.4 is 20.1 Å². The van der Waals surface area contributed by atoms with Gasteiger partial charge in [-0.1, -0.05) is 0 Å².